The van der Waals surface area contributed by atoms with Crippen LogP contribution in [0.3, 0.4) is 0 Å². The number of amides is 2. The minimum atomic E-state index is -0.493. The van der Waals surface area contributed by atoms with Crippen molar-refractivity contribution in [2.24, 2.45) is 0 Å². The van der Waals surface area contributed by atoms with E-state index in [1.165, 1.54) is 23.5 Å². The molecule has 0 atom stereocenters. The molecule has 6 nitrogen and oxygen atoms in total. The number of aryl methyl sites for hydroxylation is 2. The van der Waals surface area contributed by atoms with Crippen molar-refractivity contribution in [3.05, 3.63) is 44.1 Å². The number of carbonyl (C=O) groups is 2. The van der Waals surface area contributed by atoms with E-state index in [1.807, 2.05) is 19.9 Å². The second-order valence-corrected chi connectivity index (χ2v) is 6.71. The zero-order chi connectivity index (χ0) is 17.3. The lowest BCUT2D eigenvalue weighted by atomic mass is 10.2. The molecule has 0 saturated carbocycles. The first-order valence-corrected chi connectivity index (χ1v) is 8.48. The molecule has 1 aliphatic heterocycles. The minimum absolute atomic E-state index is 0.0638. The van der Waals surface area contributed by atoms with Crippen LogP contribution in [-0.4, -0.2) is 18.6 Å². The van der Waals surface area contributed by atoms with Gasteiger partial charge in [-0.2, -0.15) is 0 Å². The van der Waals surface area contributed by atoms with E-state index in [2.05, 4.69) is 10.9 Å². The SMILES string of the molecule is CCc1sc(C(=O)NNC(=O)c2cc(Cl)c3c(c2)OCO3)cc1C. The molecule has 2 heterocycles. The van der Waals surface area contributed by atoms with Crippen molar-refractivity contribution in [2.45, 2.75) is 20.3 Å². The van der Waals surface area contributed by atoms with E-state index in [0.717, 1.165) is 16.9 Å². The summed E-state index contributed by atoms with van der Waals surface area (Å²) in [5, 5.41) is 0.281. The summed E-state index contributed by atoms with van der Waals surface area (Å²) in [6.07, 6.45) is 0.867. The second-order valence-electron chi connectivity index (χ2n) is 5.17. The Kier molecular flexibility index (Phi) is 4.64. The summed E-state index contributed by atoms with van der Waals surface area (Å²) in [6.45, 7) is 4.05. The van der Waals surface area contributed by atoms with Crippen LogP contribution in [0, 0.1) is 6.92 Å². The van der Waals surface area contributed by atoms with E-state index < -0.39 is 5.91 Å². The average Bonchev–Trinajstić information content (AvgIpc) is 3.18. The first kappa shape index (κ1) is 16.6. The third-order valence-electron chi connectivity index (χ3n) is 3.54. The number of hydrazine groups is 1. The zero-order valence-corrected chi connectivity index (χ0v) is 14.6. The Morgan fingerprint density at radius 3 is 2.67 bits per heavy atom. The molecule has 0 aliphatic carbocycles. The number of fused-ring (bicyclic) bond motifs is 1. The zero-order valence-electron chi connectivity index (χ0n) is 13.1. The average molecular weight is 367 g/mol. The number of carbonyl (C=O) groups excluding carboxylic acids is 2. The van der Waals surface area contributed by atoms with Crippen LogP contribution in [0.25, 0.3) is 0 Å². The summed E-state index contributed by atoms with van der Waals surface area (Å²) in [5.74, 6) is -0.0330. The standard InChI is InChI=1S/C16H15ClN2O4S/c1-3-12-8(2)4-13(24-12)16(21)19-18-15(20)9-5-10(17)14-11(6-9)22-7-23-14/h4-6H,3,7H2,1-2H3,(H,18,20)(H,19,21). The highest BCUT2D eigenvalue weighted by molar-refractivity contribution is 7.14. The summed E-state index contributed by atoms with van der Waals surface area (Å²) >= 11 is 7.46. The maximum Gasteiger partial charge on any atom is 0.279 e. The fourth-order valence-electron chi connectivity index (χ4n) is 2.33. The Bertz CT molecular complexity index is 819. The highest BCUT2D eigenvalue weighted by atomic mass is 35.5. The second kappa shape index (κ2) is 6.70. The lowest BCUT2D eigenvalue weighted by molar-refractivity contribution is 0.0848. The Morgan fingerprint density at radius 2 is 1.96 bits per heavy atom. The summed E-state index contributed by atoms with van der Waals surface area (Å²) in [6, 6.07) is 4.78. The third kappa shape index (κ3) is 3.18. The van der Waals surface area contributed by atoms with Crippen molar-refractivity contribution in [3.63, 3.8) is 0 Å². The molecule has 24 heavy (non-hydrogen) atoms. The molecule has 126 valence electrons. The fourth-order valence-corrected chi connectivity index (χ4v) is 3.60. The predicted octanol–water partition coefficient (Wildman–Crippen LogP) is 3.08. The molecule has 0 bridgehead atoms. The largest absolute Gasteiger partial charge is 0.454 e. The van der Waals surface area contributed by atoms with Crippen LogP contribution in [0.15, 0.2) is 18.2 Å². The molecule has 0 radical (unpaired) electrons. The topological polar surface area (TPSA) is 76.7 Å². The number of hydrogen-bond donors (Lipinski definition) is 2. The van der Waals surface area contributed by atoms with Crippen LogP contribution < -0.4 is 20.3 Å². The molecule has 1 aromatic heterocycles. The normalized spacial score (nSPS) is 12.1. The molecule has 1 aromatic carbocycles. The van der Waals surface area contributed by atoms with Gasteiger partial charge in [0.05, 0.1) is 9.90 Å². The molecular weight excluding hydrogens is 352 g/mol. The van der Waals surface area contributed by atoms with Gasteiger partial charge in [-0.3, -0.25) is 20.4 Å². The summed E-state index contributed by atoms with van der Waals surface area (Å²) in [5.41, 5.74) is 6.12. The van der Waals surface area contributed by atoms with E-state index in [-0.39, 0.29) is 23.3 Å². The van der Waals surface area contributed by atoms with Crippen LogP contribution >= 0.6 is 22.9 Å². The highest BCUT2D eigenvalue weighted by Crippen LogP contribution is 2.39. The molecule has 3 rings (SSSR count). The molecule has 0 fully saturated rings. The van der Waals surface area contributed by atoms with E-state index in [1.54, 1.807) is 0 Å². The van der Waals surface area contributed by atoms with E-state index in [9.17, 15) is 9.59 Å². The molecule has 8 heteroatoms. The Labute approximate surface area is 147 Å². The van der Waals surface area contributed by atoms with Crippen molar-refractivity contribution in [1.29, 1.82) is 0 Å². The number of nitrogens with one attached hydrogen (secondary N) is 2. The number of ether oxygens (including phenoxy) is 2. The molecule has 2 amide bonds. The van der Waals surface area contributed by atoms with Gasteiger partial charge < -0.3 is 9.47 Å². The molecule has 1 aliphatic rings. The molecule has 0 saturated heterocycles. The molecule has 0 spiro atoms. The van der Waals surface area contributed by atoms with Gasteiger partial charge >= 0.3 is 0 Å². The molecular formula is C16H15ClN2O4S. The minimum Gasteiger partial charge on any atom is -0.454 e. The van der Waals surface area contributed by atoms with Gasteiger partial charge in [-0.25, -0.2) is 0 Å². The number of thiophene rings is 1. The quantitative estimate of drug-likeness (QED) is 0.818. The Hall–Kier alpha value is -2.25. The van der Waals surface area contributed by atoms with Crippen molar-refractivity contribution in [3.8, 4) is 11.5 Å². The van der Waals surface area contributed by atoms with Crippen LogP contribution in [-0.2, 0) is 6.42 Å². The van der Waals surface area contributed by atoms with Gasteiger partial charge in [0.2, 0.25) is 6.79 Å². The van der Waals surface area contributed by atoms with Crippen LogP contribution in [0.2, 0.25) is 5.02 Å². The van der Waals surface area contributed by atoms with E-state index >= 15 is 0 Å². The van der Waals surface area contributed by atoms with Crippen molar-refractivity contribution in [1.82, 2.24) is 10.9 Å². The van der Waals surface area contributed by atoms with E-state index in [0.29, 0.717) is 16.4 Å². The fraction of sp³-hybridized carbons (Fsp3) is 0.250. The van der Waals surface area contributed by atoms with Crippen LogP contribution in [0.4, 0.5) is 0 Å². The summed E-state index contributed by atoms with van der Waals surface area (Å²) in [7, 11) is 0. The summed E-state index contributed by atoms with van der Waals surface area (Å²) < 4.78 is 10.4. The van der Waals surface area contributed by atoms with Crippen molar-refractivity contribution < 1.29 is 19.1 Å². The van der Waals surface area contributed by atoms with Gasteiger partial charge in [-0.05, 0) is 37.1 Å². The van der Waals surface area contributed by atoms with E-state index in [4.69, 9.17) is 21.1 Å². The number of halogens is 1. The predicted molar refractivity (Wildman–Crippen MR) is 90.9 cm³/mol. The van der Waals surface area contributed by atoms with Gasteiger partial charge in [0.15, 0.2) is 11.5 Å². The first-order chi connectivity index (χ1) is 11.5. The number of benzene rings is 1. The molecule has 2 N–H and O–H groups in total. The van der Waals surface area contributed by atoms with Gasteiger partial charge in [0.25, 0.3) is 11.8 Å². The smallest absolute Gasteiger partial charge is 0.279 e. The molecule has 2 aromatic rings. The Balaban J connectivity index is 1.67. The first-order valence-electron chi connectivity index (χ1n) is 7.28. The third-order valence-corrected chi connectivity index (χ3v) is 5.21. The lowest BCUT2D eigenvalue weighted by Crippen LogP contribution is -2.41. The monoisotopic (exact) mass is 366 g/mol. The van der Waals surface area contributed by atoms with Gasteiger partial charge in [0, 0.05) is 10.4 Å². The summed E-state index contributed by atoms with van der Waals surface area (Å²) in [4.78, 5) is 26.0. The maximum atomic E-state index is 12.2. The lowest BCUT2D eigenvalue weighted by Gasteiger charge is -2.07. The number of rotatable bonds is 3. The van der Waals surface area contributed by atoms with Crippen molar-refractivity contribution >= 4 is 34.8 Å². The maximum absolute atomic E-state index is 12.2. The molecule has 0 unspecified atom stereocenters. The van der Waals surface area contributed by atoms with Crippen LogP contribution in [0.1, 0.15) is 37.4 Å². The Morgan fingerprint density at radius 1 is 1.21 bits per heavy atom. The van der Waals surface area contributed by atoms with Gasteiger partial charge in [-0.15, -0.1) is 11.3 Å². The van der Waals surface area contributed by atoms with Gasteiger partial charge in [-0.1, -0.05) is 18.5 Å². The number of hydrogen-bond acceptors (Lipinski definition) is 5. The highest BCUT2D eigenvalue weighted by Gasteiger charge is 2.21. The van der Waals surface area contributed by atoms with Crippen LogP contribution in [0.5, 0.6) is 11.5 Å². The van der Waals surface area contributed by atoms with Crippen molar-refractivity contribution in [2.75, 3.05) is 6.79 Å². The van der Waals surface area contributed by atoms with Gasteiger partial charge in [0.1, 0.15) is 0 Å².